The van der Waals surface area contributed by atoms with Crippen LogP contribution in [0.2, 0.25) is 0 Å². The Balaban J connectivity index is 2.08. The molecule has 0 aliphatic heterocycles. The zero-order valence-corrected chi connectivity index (χ0v) is 9.78. The van der Waals surface area contributed by atoms with Gasteiger partial charge in [0, 0.05) is 12.3 Å². The van der Waals surface area contributed by atoms with E-state index in [9.17, 15) is 4.79 Å². The number of pyridine rings is 1. The number of methoxy groups -OCH3 is 1. The Morgan fingerprint density at radius 3 is 3.00 bits per heavy atom. The van der Waals surface area contributed by atoms with Gasteiger partial charge >= 0.3 is 5.97 Å². The van der Waals surface area contributed by atoms with Gasteiger partial charge in [0.25, 0.3) is 0 Å². The van der Waals surface area contributed by atoms with E-state index in [1.54, 1.807) is 24.1 Å². The van der Waals surface area contributed by atoms with E-state index in [-0.39, 0.29) is 6.42 Å². The number of nitrogens with zero attached hydrogens (tertiary/aromatic N) is 4. The first-order chi connectivity index (χ1) is 8.67. The fraction of sp³-hybridized carbons (Fsp3) is 0.273. The first-order valence-electron chi connectivity index (χ1n) is 5.28. The van der Waals surface area contributed by atoms with Gasteiger partial charge in [-0.1, -0.05) is 11.3 Å². The average molecular weight is 248 g/mol. The van der Waals surface area contributed by atoms with Gasteiger partial charge in [-0.25, -0.2) is 9.67 Å². The molecule has 0 radical (unpaired) electrons. The Hall–Kier alpha value is -2.44. The number of hydrogen-bond acceptors (Lipinski definition) is 5. The first kappa shape index (κ1) is 12.0. The van der Waals surface area contributed by atoms with E-state index in [0.717, 1.165) is 5.69 Å². The number of hydrogen-bond donors (Lipinski definition) is 1. The molecule has 2 aromatic rings. The second-order valence-electron chi connectivity index (χ2n) is 3.65. The predicted octanol–water partition coefficient (Wildman–Crippen LogP) is 0.357. The molecule has 2 rings (SSSR count). The van der Waals surface area contributed by atoms with Crippen LogP contribution in [0.3, 0.4) is 0 Å². The standard InChI is InChI=1S/C11H12N4O3/c1-18-10-4-2-3-8(12-10)6-15-7-9(13-14-15)5-11(16)17/h2-4,7H,5-6H2,1H3,(H,16,17). The van der Waals surface area contributed by atoms with Crippen molar-refractivity contribution in [2.75, 3.05) is 7.11 Å². The molecule has 0 saturated carbocycles. The van der Waals surface area contributed by atoms with Crippen molar-refractivity contribution in [2.24, 2.45) is 0 Å². The van der Waals surface area contributed by atoms with E-state index < -0.39 is 5.97 Å². The molecule has 18 heavy (non-hydrogen) atoms. The van der Waals surface area contributed by atoms with Crippen LogP contribution in [0.15, 0.2) is 24.4 Å². The third-order valence-corrected chi connectivity index (χ3v) is 2.23. The first-order valence-corrected chi connectivity index (χ1v) is 5.28. The second kappa shape index (κ2) is 5.26. The van der Waals surface area contributed by atoms with Gasteiger partial charge in [-0.3, -0.25) is 4.79 Å². The van der Waals surface area contributed by atoms with E-state index in [2.05, 4.69) is 15.3 Å². The van der Waals surface area contributed by atoms with Gasteiger partial charge in [0.05, 0.1) is 31.5 Å². The third kappa shape index (κ3) is 3.03. The van der Waals surface area contributed by atoms with Crippen LogP contribution in [0.4, 0.5) is 0 Å². The van der Waals surface area contributed by atoms with Gasteiger partial charge in [0.2, 0.25) is 5.88 Å². The molecule has 0 bridgehead atoms. The molecule has 7 heteroatoms. The Morgan fingerprint density at radius 1 is 1.44 bits per heavy atom. The van der Waals surface area contributed by atoms with Crippen molar-refractivity contribution < 1.29 is 14.6 Å². The minimum Gasteiger partial charge on any atom is -0.481 e. The number of rotatable bonds is 5. The molecule has 0 aliphatic carbocycles. The molecule has 0 unspecified atom stereocenters. The molecule has 0 amide bonds. The maximum Gasteiger partial charge on any atom is 0.309 e. The lowest BCUT2D eigenvalue weighted by Crippen LogP contribution is -2.03. The summed E-state index contributed by atoms with van der Waals surface area (Å²) in [6.07, 6.45) is 1.46. The highest BCUT2D eigenvalue weighted by atomic mass is 16.5. The fourth-order valence-electron chi connectivity index (χ4n) is 1.48. The predicted molar refractivity (Wildman–Crippen MR) is 61.3 cm³/mol. The lowest BCUT2D eigenvalue weighted by Gasteiger charge is -2.02. The molecule has 0 aromatic carbocycles. The minimum atomic E-state index is -0.929. The Morgan fingerprint density at radius 2 is 2.28 bits per heavy atom. The third-order valence-electron chi connectivity index (χ3n) is 2.23. The number of aromatic nitrogens is 4. The van der Waals surface area contributed by atoms with Crippen molar-refractivity contribution >= 4 is 5.97 Å². The zero-order valence-electron chi connectivity index (χ0n) is 9.78. The maximum absolute atomic E-state index is 10.5. The van der Waals surface area contributed by atoms with Crippen LogP contribution in [0.1, 0.15) is 11.4 Å². The quantitative estimate of drug-likeness (QED) is 0.821. The summed E-state index contributed by atoms with van der Waals surface area (Å²) in [7, 11) is 1.55. The highest BCUT2D eigenvalue weighted by Crippen LogP contribution is 2.07. The number of aliphatic carboxylic acids is 1. The Bertz CT molecular complexity index is 553. The van der Waals surface area contributed by atoms with Gasteiger partial charge in [-0.15, -0.1) is 5.10 Å². The van der Waals surface area contributed by atoms with Gasteiger partial charge < -0.3 is 9.84 Å². The topological polar surface area (TPSA) is 90.1 Å². The number of ether oxygens (including phenoxy) is 1. The molecule has 0 fully saturated rings. The van der Waals surface area contributed by atoms with Crippen molar-refractivity contribution in [1.82, 2.24) is 20.0 Å². The molecular formula is C11H12N4O3. The van der Waals surface area contributed by atoms with Gasteiger partial charge in [-0.05, 0) is 6.07 Å². The Kier molecular flexibility index (Phi) is 3.52. The van der Waals surface area contributed by atoms with Crippen LogP contribution in [-0.2, 0) is 17.8 Å². The van der Waals surface area contributed by atoms with E-state index in [1.807, 2.05) is 12.1 Å². The van der Waals surface area contributed by atoms with Crippen molar-refractivity contribution in [3.8, 4) is 5.88 Å². The maximum atomic E-state index is 10.5. The van der Waals surface area contributed by atoms with Crippen molar-refractivity contribution in [3.63, 3.8) is 0 Å². The zero-order chi connectivity index (χ0) is 13.0. The molecule has 94 valence electrons. The van der Waals surface area contributed by atoms with Crippen LogP contribution in [-0.4, -0.2) is 38.2 Å². The minimum absolute atomic E-state index is 0.133. The monoisotopic (exact) mass is 248 g/mol. The molecule has 0 saturated heterocycles. The smallest absolute Gasteiger partial charge is 0.309 e. The molecule has 0 atom stereocenters. The molecule has 2 heterocycles. The molecule has 1 N–H and O–H groups in total. The second-order valence-corrected chi connectivity index (χ2v) is 3.65. The van der Waals surface area contributed by atoms with Crippen LogP contribution in [0.5, 0.6) is 5.88 Å². The molecular weight excluding hydrogens is 236 g/mol. The summed E-state index contributed by atoms with van der Waals surface area (Å²) in [6.45, 7) is 0.420. The lowest BCUT2D eigenvalue weighted by atomic mass is 10.3. The number of carbonyl (C=O) groups is 1. The SMILES string of the molecule is COc1cccc(Cn2cc(CC(=O)O)nn2)n1. The summed E-state index contributed by atoms with van der Waals surface area (Å²) < 4.78 is 6.56. The summed E-state index contributed by atoms with van der Waals surface area (Å²) in [5.74, 6) is -0.403. The van der Waals surface area contributed by atoms with Crippen molar-refractivity contribution in [3.05, 3.63) is 35.8 Å². The normalized spacial score (nSPS) is 10.3. The summed E-state index contributed by atoms with van der Waals surface area (Å²) in [5, 5.41) is 16.2. The Labute approximate surface area is 103 Å². The van der Waals surface area contributed by atoms with E-state index in [4.69, 9.17) is 9.84 Å². The molecule has 0 aliphatic rings. The van der Waals surface area contributed by atoms with E-state index in [1.165, 1.54) is 0 Å². The van der Waals surface area contributed by atoms with Crippen LogP contribution < -0.4 is 4.74 Å². The van der Waals surface area contributed by atoms with E-state index >= 15 is 0 Å². The van der Waals surface area contributed by atoms with Gasteiger partial charge in [0.1, 0.15) is 0 Å². The summed E-state index contributed by atoms with van der Waals surface area (Å²) >= 11 is 0. The summed E-state index contributed by atoms with van der Waals surface area (Å²) in [4.78, 5) is 14.7. The molecule has 7 nitrogen and oxygen atoms in total. The highest BCUT2D eigenvalue weighted by molar-refractivity contribution is 5.69. The van der Waals surface area contributed by atoms with Gasteiger partial charge in [-0.2, -0.15) is 0 Å². The van der Waals surface area contributed by atoms with Crippen LogP contribution >= 0.6 is 0 Å². The molecule has 0 spiro atoms. The molecule has 2 aromatic heterocycles. The number of carboxylic acids is 1. The average Bonchev–Trinajstić information content (AvgIpc) is 2.76. The summed E-state index contributed by atoms with van der Waals surface area (Å²) in [6, 6.07) is 5.41. The largest absolute Gasteiger partial charge is 0.481 e. The lowest BCUT2D eigenvalue weighted by molar-refractivity contribution is -0.136. The highest BCUT2D eigenvalue weighted by Gasteiger charge is 2.06. The van der Waals surface area contributed by atoms with Crippen molar-refractivity contribution in [2.45, 2.75) is 13.0 Å². The van der Waals surface area contributed by atoms with E-state index in [0.29, 0.717) is 18.1 Å². The van der Waals surface area contributed by atoms with Crippen LogP contribution in [0.25, 0.3) is 0 Å². The fourth-order valence-corrected chi connectivity index (χ4v) is 1.48. The summed E-state index contributed by atoms with van der Waals surface area (Å²) in [5.41, 5.74) is 1.19. The van der Waals surface area contributed by atoms with Crippen molar-refractivity contribution in [1.29, 1.82) is 0 Å². The van der Waals surface area contributed by atoms with Gasteiger partial charge in [0.15, 0.2) is 0 Å². The van der Waals surface area contributed by atoms with Crippen LogP contribution in [0, 0.1) is 0 Å². The number of carboxylic acid groups (broad SMARTS) is 1.